The molecule has 6 nitrogen and oxygen atoms in total. The van der Waals surface area contributed by atoms with Crippen LogP contribution in [-0.2, 0) is 6.18 Å². The molecule has 180 valence electrons. The summed E-state index contributed by atoms with van der Waals surface area (Å²) in [7, 11) is 0. The summed E-state index contributed by atoms with van der Waals surface area (Å²) in [5.41, 5.74) is 12.0. The second-order valence-electron chi connectivity index (χ2n) is 8.80. The zero-order valence-corrected chi connectivity index (χ0v) is 18.9. The standard InChI is InChI=1S/C23H29F4N5O/c1-13-5-6-15(11-17(13)24)18(28)12-19(29)30-21(32-22(2,3)4)31-20(33)14-7-9-16(10-8-14)23(25,26)27/h5-11,18-19H,12,28-29H2,1-4H3,(H2,30,31,32,33). The lowest BCUT2D eigenvalue weighted by Gasteiger charge is -2.25. The summed E-state index contributed by atoms with van der Waals surface area (Å²) in [6.45, 7) is 7.14. The van der Waals surface area contributed by atoms with Gasteiger partial charge in [0.15, 0.2) is 5.96 Å². The number of benzene rings is 2. The van der Waals surface area contributed by atoms with Crippen LogP contribution in [0, 0.1) is 12.7 Å². The third-order valence-electron chi connectivity index (χ3n) is 4.61. The number of nitrogens with zero attached hydrogens (tertiary/aromatic N) is 1. The van der Waals surface area contributed by atoms with Crippen molar-refractivity contribution in [3.05, 3.63) is 70.5 Å². The van der Waals surface area contributed by atoms with E-state index in [0.29, 0.717) is 11.1 Å². The Morgan fingerprint density at radius 3 is 2.18 bits per heavy atom. The molecule has 0 heterocycles. The van der Waals surface area contributed by atoms with Gasteiger partial charge in [-0.2, -0.15) is 13.2 Å². The summed E-state index contributed by atoms with van der Waals surface area (Å²) >= 11 is 0. The van der Waals surface area contributed by atoms with Crippen LogP contribution in [0.4, 0.5) is 17.6 Å². The van der Waals surface area contributed by atoms with E-state index < -0.39 is 35.4 Å². The molecule has 2 aromatic rings. The molecule has 0 spiro atoms. The van der Waals surface area contributed by atoms with Gasteiger partial charge in [-0.15, -0.1) is 0 Å². The maximum absolute atomic E-state index is 13.8. The van der Waals surface area contributed by atoms with Crippen LogP contribution >= 0.6 is 0 Å². The van der Waals surface area contributed by atoms with Crippen molar-refractivity contribution in [1.82, 2.24) is 10.6 Å². The van der Waals surface area contributed by atoms with Gasteiger partial charge in [0.05, 0.1) is 5.56 Å². The van der Waals surface area contributed by atoms with Crippen LogP contribution < -0.4 is 22.1 Å². The summed E-state index contributed by atoms with van der Waals surface area (Å²) in [5.74, 6) is -0.988. The topological polar surface area (TPSA) is 106 Å². The average Bonchev–Trinajstić information content (AvgIpc) is 2.68. The maximum atomic E-state index is 13.8. The first-order valence-electron chi connectivity index (χ1n) is 10.3. The van der Waals surface area contributed by atoms with Crippen molar-refractivity contribution >= 4 is 11.9 Å². The number of aryl methyl sites for hydroxylation is 1. The van der Waals surface area contributed by atoms with E-state index in [1.807, 2.05) is 20.8 Å². The predicted octanol–water partition coefficient (Wildman–Crippen LogP) is 4.00. The van der Waals surface area contributed by atoms with Gasteiger partial charge in [0.25, 0.3) is 5.91 Å². The van der Waals surface area contributed by atoms with E-state index in [1.54, 1.807) is 19.1 Å². The molecule has 6 N–H and O–H groups in total. The molecule has 0 bridgehead atoms. The van der Waals surface area contributed by atoms with E-state index in [4.69, 9.17) is 11.5 Å². The monoisotopic (exact) mass is 467 g/mol. The number of carbonyl (C=O) groups is 1. The van der Waals surface area contributed by atoms with E-state index in [0.717, 1.165) is 24.3 Å². The van der Waals surface area contributed by atoms with Gasteiger partial charge < -0.3 is 16.8 Å². The largest absolute Gasteiger partial charge is 0.416 e. The molecule has 2 aromatic carbocycles. The molecule has 0 radical (unpaired) electrons. The predicted molar refractivity (Wildman–Crippen MR) is 120 cm³/mol. The Morgan fingerprint density at radius 2 is 1.67 bits per heavy atom. The normalized spacial score (nSPS) is 14.5. The van der Waals surface area contributed by atoms with Gasteiger partial charge in [-0.1, -0.05) is 12.1 Å². The van der Waals surface area contributed by atoms with Crippen molar-refractivity contribution in [2.45, 2.75) is 58.0 Å². The highest BCUT2D eigenvalue weighted by Gasteiger charge is 2.30. The van der Waals surface area contributed by atoms with Crippen LogP contribution in [0.1, 0.15) is 60.3 Å². The number of hydrogen-bond donors (Lipinski definition) is 4. The van der Waals surface area contributed by atoms with E-state index in [-0.39, 0.29) is 23.8 Å². The fourth-order valence-electron chi connectivity index (χ4n) is 2.90. The van der Waals surface area contributed by atoms with Crippen molar-refractivity contribution in [3.8, 4) is 0 Å². The van der Waals surface area contributed by atoms with Crippen LogP contribution in [0.15, 0.2) is 47.5 Å². The zero-order chi connectivity index (χ0) is 25.0. The lowest BCUT2D eigenvalue weighted by Crippen LogP contribution is -2.50. The number of nitrogens with one attached hydrogen (secondary N) is 2. The van der Waals surface area contributed by atoms with E-state index >= 15 is 0 Å². The Labute approximate surface area is 190 Å². The molecule has 0 saturated carbocycles. The highest BCUT2D eigenvalue weighted by molar-refractivity contribution is 6.05. The van der Waals surface area contributed by atoms with Gasteiger partial charge in [0, 0.05) is 23.6 Å². The maximum Gasteiger partial charge on any atom is 0.416 e. The third-order valence-corrected chi connectivity index (χ3v) is 4.61. The quantitative estimate of drug-likeness (QED) is 0.303. The molecule has 2 unspecified atom stereocenters. The highest BCUT2D eigenvalue weighted by Crippen LogP contribution is 2.29. The first kappa shape index (κ1) is 26.3. The third kappa shape index (κ3) is 8.14. The lowest BCUT2D eigenvalue weighted by atomic mass is 10.0. The molecule has 0 saturated heterocycles. The van der Waals surface area contributed by atoms with Crippen LogP contribution in [-0.4, -0.2) is 23.6 Å². The van der Waals surface area contributed by atoms with Gasteiger partial charge in [-0.3, -0.25) is 10.1 Å². The number of nitrogens with two attached hydrogens (primary N) is 2. The van der Waals surface area contributed by atoms with Gasteiger partial charge in [0.2, 0.25) is 0 Å². The number of carbonyl (C=O) groups excluding carboxylic acids is 1. The summed E-state index contributed by atoms with van der Waals surface area (Å²) in [6, 6.07) is 7.89. The van der Waals surface area contributed by atoms with Crippen molar-refractivity contribution < 1.29 is 22.4 Å². The Kier molecular flexibility index (Phi) is 8.20. The molecule has 10 heteroatoms. The minimum absolute atomic E-state index is 0.0202. The van der Waals surface area contributed by atoms with Crippen LogP contribution in [0.25, 0.3) is 0 Å². The molecule has 1 amide bonds. The summed E-state index contributed by atoms with van der Waals surface area (Å²) < 4.78 is 52.1. The fraction of sp³-hybridized carbons (Fsp3) is 0.391. The van der Waals surface area contributed by atoms with Crippen LogP contribution in [0.5, 0.6) is 0 Å². The van der Waals surface area contributed by atoms with Gasteiger partial charge >= 0.3 is 6.18 Å². The van der Waals surface area contributed by atoms with Gasteiger partial charge in [-0.25, -0.2) is 9.38 Å². The van der Waals surface area contributed by atoms with Gasteiger partial charge in [-0.05, 0) is 69.2 Å². The summed E-state index contributed by atoms with van der Waals surface area (Å²) in [4.78, 5) is 16.9. The number of halogens is 4. The molecule has 0 aromatic heterocycles. The fourth-order valence-corrected chi connectivity index (χ4v) is 2.90. The zero-order valence-electron chi connectivity index (χ0n) is 18.9. The molecular formula is C23H29F4N5O. The Morgan fingerprint density at radius 1 is 1.06 bits per heavy atom. The molecule has 0 aliphatic carbocycles. The summed E-state index contributed by atoms with van der Waals surface area (Å²) in [6.07, 6.45) is -5.18. The highest BCUT2D eigenvalue weighted by atomic mass is 19.4. The molecule has 2 rings (SSSR count). The van der Waals surface area contributed by atoms with Crippen molar-refractivity contribution in [2.24, 2.45) is 16.5 Å². The van der Waals surface area contributed by atoms with Crippen molar-refractivity contribution in [3.63, 3.8) is 0 Å². The average molecular weight is 468 g/mol. The number of rotatable bonds is 5. The minimum Gasteiger partial charge on any atom is -0.351 e. The SMILES string of the molecule is Cc1ccc(C(N)CC(N)N=C(NC(=O)c2ccc(C(F)(F)F)cc2)NC(C)(C)C)cc1F. The van der Waals surface area contributed by atoms with Gasteiger partial charge in [0.1, 0.15) is 12.0 Å². The first-order valence-corrected chi connectivity index (χ1v) is 10.3. The molecule has 0 aliphatic rings. The molecule has 0 fully saturated rings. The molecular weight excluding hydrogens is 438 g/mol. The number of aliphatic imine (C=N–C) groups is 1. The van der Waals surface area contributed by atoms with Crippen LogP contribution in [0.3, 0.4) is 0 Å². The number of guanidine groups is 1. The Balaban J connectivity index is 2.16. The molecule has 2 atom stereocenters. The van der Waals surface area contributed by atoms with E-state index in [2.05, 4.69) is 15.6 Å². The first-order chi connectivity index (χ1) is 15.2. The van der Waals surface area contributed by atoms with Crippen molar-refractivity contribution in [1.29, 1.82) is 0 Å². The number of amides is 1. The molecule has 33 heavy (non-hydrogen) atoms. The Hall–Kier alpha value is -2.98. The minimum atomic E-state index is -4.50. The van der Waals surface area contributed by atoms with E-state index in [1.165, 1.54) is 6.07 Å². The smallest absolute Gasteiger partial charge is 0.351 e. The second-order valence-corrected chi connectivity index (χ2v) is 8.80. The number of alkyl halides is 3. The number of hydrogen-bond acceptors (Lipinski definition) is 4. The van der Waals surface area contributed by atoms with Crippen LogP contribution in [0.2, 0.25) is 0 Å². The summed E-state index contributed by atoms with van der Waals surface area (Å²) in [5, 5.41) is 5.56. The molecule has 0 aliphatic heterocycles. The Bertz CT molecular complexity index is 997. The second kappa shape index (κ2) is 10.3. The van der Waals surface area contributed by atoms with Crippen molar-refractivity contribution in [2.75, 3.05) is 0 Å². The van der Waals surface area contributed by atoms with E-state index in [9.17, 15) is 22.4 Å². The lowest BCUT2D eigenvalue weighted by molar-refractivity contribution is -0.137.